The van der Waals surface area contributed by atoms with E-state index in [9.17, 15) is 9.59 Å². The van der Waals surface area contributed by atoms with Crippen LogP contribution in [0.3, 0.4) is 0 Å². The third-order valence-electron chi connectivity index (χ3n) is 2.17. The molecule has 0 bridgehead atoms. The predicted molar refractivity (Wildman–Crippen MR) is 65.0 cm³/mol. The van der Waals surface area contributed by atoms with Gasteiger partial charge in [-0.3, -0.25) is 9.59 Å². The number of carboxylic acid groups (broad SMARTS) is 1. The zero-order chi connectivity index (χ0) is 13.1. The molecular formula is C11H16N2O3S. The number of aromatic nitrogens is 1. The minimum atomic E-state index is -0.963. The van der Waals surface area contributed by atoms with Gasteiger partial charge in [-0.1, -0.05) is 20.8 Å². The molecule has 1 aromatic rings. The summed E-state index contributed by atoms with van der Waals surface area (Å²) in [7, 11) is 0. The summed E-state index contributed by atoms with van der Waals surface area (Å²) in [4.78, 5) is 25.5. The van der Waals surface area contributed by atoms with E-state index in [0.29, 0.717) is 12.1 Å². The summed E-state index contributed by atoms with van der Waals surface area (Å²) in [6.45, 7) is 6.11. The Kier molecular flexibility index (Phi) is 4.22. The topological polar surface area (TPSA) is 79.3 Å². The Morgan fingerprint density at radius 3 is 2.71 bits per heavy atom. The third kappa shape index (κ3) is 3.81. The molecule has 0 saturated heterocycles. The summed E-state index contributed by atoms with van der Waals surface area (Å²) in [5.74, 6) is -0.963. The van der Waals surface area contributed by atoms with Crippen LogP contribution in [-0.2, 0) is 15.0 Å². The van der Waals surface area contributed by atoms with Gasteiger partial charge in [-0.05, 0) is 0 Å². The lowest BCUT2D eigenvalue weighted by atomic mass is 9.98. The molecule has 0 unspecified atom stereocenters. The summed E-state index contributed by atoms with van der Waals surface area (Å²) in [6, 6.07) is -0.558. The van der Waals surface area contributed by atoms with Crippen LogP contribution in [-0.4, -0.2) is 22.5 Å². The molecule has 1 aromatic heterocycles. The number of amides is 1. The van der Waals surface area contributed by atoms with E-state index < -0.39 is 12.0 Å². The van der Waals surface area contributed by atoms with Crippen molar-refractivity contribution in [2.75, 3.05) is 0 Å². The van der Waals surface area contributed by atoms with Crippen LogP contribution in [0, 0.1) is 0 Å². The lowest BCUT2D eigenvalue weighted by Crippen LogP contribution is -2.23. The maximum atomic E-state index is 10.7. The molecule has 6 heteroatoms. The highest BCUT2D eigenvalue weighted by Gasteiger charge is 2.22. The van der Waals surface area contributed by atoms with E-state index in [-0.39, 0.29) is 11.8 Å². The first-order chi connectivity index (χ1) is 7.84. The van der Waals surface area contributed by atoms with Gasteiger partial charge in [-0.2, -0.15) is 0 Å². The Balaban J connectivity index is 2.91. The maximum Gasteiger partial charge on any atom is 0.305 e. The highest BCUT2D eigenvalue weighted by Crippen LogP contribution is 2.28. The van der Waals surface area contributed by atoms with Crippen LogP contribution < -0.4 is 5.32 Å². The normalized spacial score (nSPS) is 13.1. The summed E-state index contributed by atoms with van der Waals surface area (Å²) in [5, 5.41) is 14.0. The van der Waals surface area contributed by atoms with Gasteiger partial charge in [0.25, 0.3) is 0 Å². The van der Waals surface area contributed by atoms with E-state index in [2.05, 4.69) is 10.3 Å². The van der Waals surface area contributed by atoms with Crippen molar-refractivity contribution in [1.82, 2.24) is 10.3 Å². The van der Waals surface area contributed by atoms with Crippen molar-refractivity contribution in [3.63, 3.8) is 0 Å². The number of aliphatic carboxylic acids is 1. The molecule has 0 saturated carbocycles. The molecule has 5 nitrogen and oxygen atoms in total. The van der Waals surface area contributed by atoms with Gasteiger partial charge in [-0.15, -0.1) is 11.3 Å². The van der Waals surface area contributed by atoms with Crippen LogP contribution >= 0.6 is 11.3 Å². The number of carbonyl (C=O) groups excluding carboxylic acids is 1. The molecule has 0 aromatic carbocycles. The largest absolute Gasteiger partial charge is 0.481 e. The van der Waals surface area contributed by atoms with Gasteiger partial charge in [0.1, 0.15) is 0 Å². The first-order valence-corrected chi connectivity index (χ1v) is 6.10. The highest BCUT2D eigenvalue weighted by atomic mass is 32.1. The Morgan fingerprint density at radius 2 is 2.29 bits per heavy atom. The number of carbonyl (C=O) groups is 2. The third-order valence-corrected chi connectivity index (χ3v) is 3.45. The maximum absolute atomic E-state index is 10.7. The van der Waals surface area contributed by atoms with Crippen molar-refractivity contribution in [2.45, 2.75) is 38.6 Å². The minimum Gasteiger partial charge on any atom is -0.481 e. The molecule has 0 aliphatic heterocycles. The van der Waals surface area contributed by atoms with E-state index in [1.807, 2.05) is 20.8 Å². The van der Waals surface area contributed by atoms with E-state index in [4.69, 9.17) is 5.11 Å². The smallest absolute Gasteiger partial charge is 0.305 e. The number of hydrogen-bond acceptors (Lipinski definition) is 4. The van der Waals surface area contributed by atoms with Crippen molar-refractivity contribution >= 4 is 23.7 Å². The van der Waals surface area contributed by atoms with E-state index in [1.54, 1.807) is 5.38 Å². The second-order valence-corrected chi connectivity index (χ2v) is 5.62. The summed E-state index contributed by atoms with van der Waals surface area (Å²) in [6.07, 6.45) is 0.343. The number of nitrogens with zero attached hydrogens (tertiary/aromatic N) is 1. The van der Waals surface area contributed by atoms with Crippen molar-refractivity contribution in [1.29, 1.82) is 0 Å². The lowest BCUT2D eigenvalue weighted by molar-refractivity contribution is -0.137. The summed E-state index contributed by atoms with van der Waals surface area (Å²) >= 11 is 1.48. The van der Waals surface area contributed by atoms with E-state index in [0.717, 1.165) is 5.01 Å². The van der Waals surface area contributed by atoms with Gasteiger partial charge >= 0.3 is 5.97 Å². The van der Waals surface area contributed by atoms with Crippen molar-refractivity contribution in [2.24, 2.45) is 0 Å². The standard InChI is InChI=1S/C11H16N2O3S/c1-11(2,3)10-13-8(5-17-10)7(12-6-14)4-9(15)16/h5-7H,4H2,1-3H3,(H,12,14)(H,15,16)/t7-/m0/s1. The number of rotatable bonds is 5. The molecule has 1 atom stereocenters. The van der Waals surface area contributed by atoms with Crippen molar-refractivity contribution in [3.05, 3.63) is 16.1 Å². The second-order valence-electron chi connectivity index (χ2n) is 4.76. The molecule has 0 fully saturated rings. The van der Waals surface area contributed by atoms with Crippen LogP contribution in [0.2, 0.25) is 0 Å². The first-order valence-electron chi connectivity index (χ1n) is 5.22. The number of thiazole rings is 1. The Hall–Kier alpha value is -1.43. The highest BCUT2D eigenvalue weighted by molar-refractivity contribution is 7.09. The van der Waals surface area contributed by atoms with Gasteiger partial charge in [0.15, 0.2) is 0 Å². The van der Waals surface area contributed by atoms with Crippen LogP contribution in [0.15, 0.2) is 5.38 Å². The van der Waals surface area contributed by atoms with Crippen LogP contribution in [0.25, 0.3) is 0 Å². The van der Waals surface area contributed by atoms with Crippen LogP contribution in [0.1, 0.15) is 43.9 Å². The van der Waals surface area contributed by atoms with Gasteiger partial charge in [0.05, 0.1) is 23.2 Å². The molecule has 0 aliphatic carbocycles. The van der Waals surface area contributed by atoms with Crippen LogP contribution in [0.4, 0.5) is 0 Å². The molecule has 17 heavy (non-hydrogen) atoms. The summed E-state index contributed by atoms with van der Waals surface area (Å²) in [5.41, 5.74) is 0.534. The Bertz CT molecular complexity index is 409. The minimum absolute atomic E-state index is 0.0716. The zero-order valence-corrected chi connectivity index (χ0v) is 10.9. The van der Waals surface area contributed by atoms with Gasteiger partial charge < -0.3 is 10.4 Å². The van der Waals surface area contributed by atoms with Crippen molar-refractivity contribution < 1.29 is 14.7 Å². The molecule has 0 radical (unpaired) electrons. The molecule has 1 rings (SSSR count). The first kappa shape index (κ1) is 13.6. The molecule has 2 N–H and O–H groups in total. The Labute approximate surface area is 104 Å². The van der Waals surface area contributed by atoms with Gasteiger partial charge in [0, 0.05) is 10.8 Å². The molecule has 94 valence electrons. The monoisotopic (exact) mass is 256 g/mol. The Morgan fingerprint density at radius 1 is 1.65 bits per heavy atom. The average molecular weight is 256 g/mol. The molecule has 0 aliphatic rings. The van der Waals surface area contributed by atoms with Gasteiger partial charge in [0.2, 0.25) is 6.41 Å². The fourth-order valence-corrected chi connectivity index (χ4v) is 2.26. The molecule has 1 amide bonds. The van der Waals surface area contributed by atoms with E-state index in [1.165, 1.54) is 11.3 Å². The molecule has 1 heterocycles. The quantitative estimate of drug-likeness (QED) is 0.786. The number of hydrogen-bond donors (Lipinski definition) is 2. The van der Waals surface area contributed by atoms with Gasteiger partial charge in [-0.25, -0.2) is 4.98 Å². The second kappa shape index (κ2) is 5.27. The van der Waals surface area contributed by atoms with E-state index >= 15 is 0 Å². The zero-order valence-electron chi connectivity index (χ0n) is 10.1. The number of nitrogens with one attached hydrogen (secondary N) is 1. The predicted octanol–water partition coefficient (Wildman–Crippen LogP) is 1.70. The van der Waals surface area contributed by atoms with Crippen molar-refractivity contribution in [3.8, 4) is 0 Å². The summed E-state index contributed by atoms with van der Waals surface area (Å²) < 4.78 is 0. The SMILES string of the molecule is CC(C)(C)c1nc([C@H](CC(=O)O)NC=O)cs1. The fourth-order valence-electron chi connectivity index (χ4n) is 1.30. The molecular weight excluding hydrogens is 240 g/mol. The number of carboxylic acids is 1. The van der Waals surface area contributed by atoms with Crippen LogP contribution in [0.5, 0.6) is 0 Å². The lowest BCUT2D eigenvalue weighted by Gasteiger charge is -2.15. The average Bonchev–Trinajstić information content (AvgIpc) is 2.64. The fraction of sp³-hybridized carbons (Fsp3) is 0.545. The molecule has 0 spiro atoms.